The fraction of sp³-hybridized carbons (Fsp3) is 0.333. The van der Waals surface area contributed by atoms with Crippen LogP contribution in [-0.2, 0) is 9.47 Å². The lowest BCUT2D eigenvalue weighted by Crippen LogP contribution is -2.07. The zero-order valence-electron chi connectivity index (χ0n) is 10.1. The van der Waals surface area contributed by atoms with E-state index in [4.69, 9.17) is 24.4 Å². The molecule has 1 rings (SSSR count). The Morgan fingerprint density at radius 3 is 2.47 bits per heavy atom. The van der Waals surface area contributed by atoms with Gasteiger partial charge in [-0.15, -0.1) is 0 Å². The maximum Gasteiger partial charge on any atom is 0.266 e. The van der Waals surface area contributed by atoms with Gasteiger partial charge in [-0.1, -0.05) is 0 Å². The Hall–Kier alpha value is -1.88. The van der Waals surface area contributed by atoms with Crippen LogP contribution in [0.3, 0.4) is 0 Å². The lowest BCUT2D eigenvalue weighted by Gasteiger charge is -2.09. The van der Waals surface area contributed by atoms with Gasteiger partial charge in [0.2, 0.25) is 5.90 Å². The second-order valence-electron chi connectivity index (χ2n) is 3.11. The molecule has 92 valence electrons. The van der Waals surface area contributed by atoms with Gasteiger partial charge in [-0.05, 0) is 18.2 Å². The third-order valence-corrected chi connectivity index (χ3v) is 2.11. The molecule has 0 saturated heterocycles. The Morgan fingerprint density at radius 1 is 1.18 bits per heavy atom. The summed E-state index contributed by atoms with van der Waals surface area (Å²) in [6.45, 7) is 1.69. The average Bonchev–Trinajstić information content (AvgIpc) is 2.38. The molecule has 0 unspecified atom stereocenters. The van der Waals surface area contributed by atoms with E-state index in [-0.39, 0.29) is 12.5 Å². The molecule has 0 aliphatic heterocycles. The predicted octanol–water partition coefficient (Wildman–Crippen LogP) is 1.85. The molecular formula is C12H16NO4+. The standard InChI is InChI=1S/C12H16NO4/c1-14-6-7-17-12(13)9-4-5-10(15-2)11(8-9)16-3/h4-6,8,13H,7H2,1-3H3/q+1. The fourth-order valence-corrected chi connectivity index (χ4v) is 1.25. The summed E-state index contributed by atoms with van der Waals surface area (Å²) in [5.41, 5.74) is 0.618. The Labute approximate surface area is 101 Å². The van der Waals surface area contributed by atoms with E-state index >= 15 is 0 Å². The van der Waals surface area contributed by atoms with Crippen LogP contribution < -0.4 is 9.47 Å². The topological polar surface area (TPSA) is 60.8 Å². The Kier molecular flexibility index (Phi) is 5.16. The van der Waals surface area contributed by atoms with Gasteiger partial charge in [0.15, 0.2) is 11.5 Å². The van der Waals surface area contributed by atoms with Crippen LogP contribution in [0, 0.1) is 12.0 Å². The van der Waals surface area contributed by atoms with E-state index in [0.29, 0.717) is 17.1 Å². The maximum atomic E-state index is 7.71. The molecule has 0 radical (unpaired) electrons. The first-order chi connectivity index (χ1) is 8.22. The highest BCUT2D eigenvalue weighted by Crippen LogP contribution is 2.27. The molecule has 0 spiro atoms. The second-order valence-corrected chi connectivity index (χ2v) is 3.11. The van der Waals surface area contributed by atoms with E-state index in [9.17, 15) is 0 Å². The van der Waals surface area contributed by atoms with Crippen LogP contribution >= 0.6 is 0 Å². The van der Waals surface area contributed by atoms with Gasteiger partial charge < -0.3 is 14.2 Å². The molecule has 0 bridgehead atoms. The van der Waals surface area contributed by atoms with E-state index in [2.05, 4.69) is 0 Å². The zero-order valence-corrected chi connectivity index (χ0v) is 10.1. The highest BCUT2D eigenvalue weighted by molar-refractivity contribution is 5.92. The minimum atomic E-state index is 0.0549. The van der Waals surface area contributed by atoms with E-state index in [1.165, 1.54) is 13.7 Å². The zero-order chi connectivity index (χ0) is 12.7. The number of ether oxygens (including phenoxy) is 4. The van der Waals surface area contributed by atoms with E-state index in [1.807, 2.05) is 0 Å². The molecule has 1 N–H and O–H groups in total. The van der Waals surface area contributed by atoms with Gasteiger partial charge >= 0.3 is 0 Å². The van der Waals surface area contributed by atoms with Crippen LogP contribution in [0.25, 0.3) is 0 Å². The van der Waals surface area contributed by atoms with E-state index in [0.717, 1.165) is 0 Å². The van der Waals surface area contributed by atoms with Crippen LogP contribution in [0.5, 0.6) is 11.5 Å². The molecule has 5 heteroatoms. The van der Waals surface area contributed by atoms with Crippen molar-refractivity contribution < 1.29 is 18.9 Å². The lowest BCUT2D eigenvalue weighted by molar-refractivity contribution is 0.202. The van der Waals surface area contributed by atoms with E-state index in [1.54, 1.807) is 32.4 Å². The molecular weight excluding hydrogens is 222 g/mol. The van der Waals surface area contributed by atoms with Crippen LogP contribution in [0.4, 0.5) is 0 Å². The molecule has 0 aliphatic carbocycles. The Bertz CT molecular complexity index is 379. The molecule has 1 aromatic carbocycles. The Morgan fingerprint density at radius 2 is 1.88 bits per heavy atom. The Balaban J connectivity index is 2.74. The van der Waals surface area contributed by atoms with Crippen LogP contribution in [-0.4, -0.2) is 33.8 Å². The average molecular weight is 238 g/mol. The van der Waals surface area contributed by atoms with Gasteiger partial charge in [0.1, 0.15) is 0 Å². The summed E-state index contributed by atoms with van der Waals surface area (Å²) in [5.74, 6) is 1.24. The van der Waals surface area contributed by atoms with Crippen LogP contribution in [0.2, 0.25) is 0 Å². The molecule has 1 aromatic rings. The number of nitrogens with one attached hydrogen (secondary N) is 1. The minimum Gasteiger partial charge on any atom is -0.493 e. The lowest BCUT2D eigenvalue weighted by atomic mass is 10.2. The van der Waals surface area contributed by atoms with Gasteiger partial charge in [-0.3, -0.25) is 5.41 Å². The molecule has 0 saturated carbocycles. The first kappa shape index (κ1) is 13.2. The number of hydrogen-bond donors (Lipinski definition) is 1. The maximum absolute atomic E-state index is 7.71. The minimum absolute atomic E-state index is 0.0549. The van der Waals surface area contributed by atoms with Crippen molar-refractivity contribution in [2.75, 3.05) is 27.9 Å². The van der Waals surface area contributed by atoms with Crippen molar-refractivity contribution in [1.29, 1.82) is 5.41 Å². The van der Waals surface area contributed by atoms with Crippen LogP contribution in [0.15, 0.2) is 18.2 Å². The molecule has 0 aromatic heterocycles. The first-order valence-electron chi connectivity index (χ1n) is 5.01. The fourth-order valence-electron chi connectivity index (χ4n) is 1.25. The molecule has 0 atom stereocenters. The molecule has 5 nitrogen and oxygen atoms in total. The van der Waals surface area contributed by atoms with Crippen molar-refractivity contribution >= 4 is 5.90 Å². The molecule has 0 heterocycles. The summed E-state index contributed by atoms with van der Waals surface area (Å²) in [6, 6.07) is 5.15. The number of benzene rings is 1. The second kappa shape index (κ2) is 6.65. The molecule has 0 fully saturated rings. The smallest absolute Gasteiger partial charge is 0.266 e. The summed E-state index contributed by atoms with van der Waals surface area (Å²) < 4.78 is 20.1. The highest BCUT2D eigenvalue weighted by Gasteiger charge is 2.10. The summed E-state index contributed by atoms with van der Waals surface area (Å²) >= 11 is 0. The summed E-state index contributed by atoms with van der Waals surface area (Å²) in [4.78, 5) is 0. The van der Waals surface area contributed by atoms with Gasteiger partial charge in [-0.2, -0.15) is 4.74 Å². The first-order valence-corrected chi connectivity index (χ1v) is 5.01. The van der Waals surface area contributed by atoms with Crippen molar-refractivity contribution in [2.24, 2.45) is 0 Å². The normalized spacial score (nSPS) is 9.59. The van der Waals surface area contributed by atoms with Gasteiger partial charge in [-0.25, -0.2) is 0 Å². The molecule has 0 aliphatic rings. The van der Waals surface area contributed by atoms with Gasteiger partial charge in [0, 0.05) is 5.56 Å². The third-order valence-electron chi connectivity index (χ3n) is 2.11. The van der Waals surface area contributed by atoms with E-state index < -0.39 is 0 Å². The predicted molar refractivity (Wildman–Crippen MR) is 63.6 cm³/mol. The summed E-state index contributed by atoms with van der Waals surface area (Å²) in [5, 5.41) is 7.71. The quantitative estimate of drug-likeness (QED) is 0.355. The largest absolute Gasteiger partial charge is 0.493 e. The van der Waals surface area contributed by atoms with Crippen LogP contribution in [0.1, 0.15) is 5.56 Å². The van der Waals surface area contributed by atoms with Crippen molar-refractivity contribution in [2.45, 2.75) is 0 Å². The van der Waals surface area contributed by atoms with Crippen molar-refractivity contribution in [1.82, 2.24) is 0 Å². The SMILES string of the molecule is CO[CH+]COC(=N)c1ccc(OC)c(OC)c1. The van der Waals surface area contributed by atoms with Gasteiger partial charge in [0.25, 0.3) is 13.2 Å². The summed E-state index contributed by atoms with van der Waals surface area (Å²) in [6.07, 6.45) is 0. The van der Waals surface area contributed by atoms with Crippen molar-refractivity contribution in [3.63, 3.8) is 0 Å². The highest BCUT2D eigenvalue weighted by atomic mass is 16.5. The molecule has 0 amide bonds. The number of methoxy groups -OCH3 is 3. The summed E-state index contributed by atoms with van der Waals surface area (Å²) in [7, 11) is 4.64. The van der Waals surface area contributed by atoms with Crippen molar-refractivity contribution in [3.05, 3.63) is 30.4 Å². The third kappa shape index (κ3) is 3.57. The number of rotatable bonds is 6. The number of hydrogen-bond acceptors (Lipinski definition) is 5. The monoisotopic (exact) mass is 238 g/mol. The van der Waals surface area contributed by atoms with Crippen molar-refractivity contribution in [3.8, 4) is 11.5 Å². The molecule has 17 heavy (non-hydrogen) atoms. The van der Waals surface area contributed by atoms with Gasteiger partial charge in [0.05, 0.1) is 21.3 Å².